The first-order valence-corrected chi connectivity index (χ1v) is 5.12. The molecule has 2 N–H and O–H groups in total. The van der Waals surface area contributed by atoms with Crippen LogP contribution in [0.2, 0.25) is 0 Å². The standard InChI is InChI=1S/C9H17N3S/c1-8(2,3)6-11-7(13-12-6)9(4,5)10/h10H2,1-5H3. The van der Waals surface area contributed by atoms with Crippen molar-refractivity contribution in [2.45, 2.75) is 45.6 Å². The molecule has 4 heteroatoms. The van der Waals surface area contributed by atoms with Crippen LogP contribution in [0.1, 0.15) is 45.5 Å². The lowest BCUT2D eigenvalue weighted by molar-refractivity contribution is 0.522. The summed E-state index contributed by atoms with van der Waals surface area (Å²) in [7, 11) is 0. The molecule has 0 atom stereocenters. The summed E-state index contributed by atoms with van der Waals surface area (Å²) in [4.78, 5) is 4.44. The molecular weight excluding hydrogens is 182 g/mol. The van der Waals surface area contributed by atoms with Gasteiger partial charge in [-0.1, -0.05) is 20.8 Å². The van der Waals surface area contributed by atoms with Crippen LogP contribution >= 0.6 is 11.5 Å². The van der Waals surface area contributed by atoms with Gasteiger partial charge in [-0.25, -0.2) is 4.98 Å². The summed E-state index contributed by atoms with van der Waals surface area (Å²) in [5, 5.41) is 0.900. The van der Waals surface area contributed by atoms with Crippen LogP contribution in [0.15, 0.2) is 0 Å². The van der Waals surface area contributed by atoms with Crippen molar-refractivity contribution in [1.29, 1.82) is 0 Å². The van der Waals surface area contributed by atoms with E-state index in [1.165, 1.54) is 11.5 Å². The molecule has 0 bridgehead atoms. The molecule has 0 amide bonds. The molecule has 0 fully saturated rings. The second-order valence-corrected chi connectivity index (χ2v) is 5.65. The van der Waals surface area contributed by atoms with Gasteiger partial charge in [-0.15, -0.1) is 0 Å². The smallest absolute Gasteiger partial charge is 0.147 e. The zero-order chi connectivity index (χ0) is 10.3. The highest BCUT2D eigenvalue weighted by atomic mass is 32.1. The molecular formula is C9H17N3S. The Morgan fingerprint density at radius 2 is 1.69 bits per heavy atom. The van der Waals surface area contributed by atoms with E-state index in [1.54, 1.807) is 0 Å². The fourth-order valence-corrected chi connectivity index (χ4v) is 1.64. The Hall–Kier alpha value is -0.480. The summed E-state index contributed by atoms with van der Waals surface area (Å²) in [6, 6.07) is 0. The Balaban J connectivity index is 3.01. The van der Waals surface area contributed by atoms with Gasteiger partial charge in [-0.2, -0.15) is 4.37 Å². The number of hydrogen-bond donors (Lipinski definition) is 1. The van der Waals surface area contributed by atoms with Gasteiger partial charge >= 0.3 is 0 Å². The second-order valence-electron chi connectivity index (χ2n) is 4.89. The quantitative estimate of drug-likeness (QED) is 0.753. The molecule has 1 aromatic rings. The first-order valence-electron chi connectivity index (χ1n) is 4.35. The van der Waals surface area contributed by atoms with Gasteiger partial charge in [0.2, 0.25) is 0 Å². The van der Waals surface area contributed by atoms with E-state index in [4.69, 9.17) is 5.73 Å². The monoisotopic (exact) mass is 199 g/mol. The van der Waals surface area contributed by atoms with Crippen molar-refractivity contribution in [3.05, 3.63) is 10.8 Å². The van der Waals surface area contributed by atoms with Gasteiger partial charge < -0.3 is 5.73 Å². The Bertz CT molecular complexity index is 262. The predicted molar refractivity (Wildman–Crippen MR) is 55.8 cm³/mol. The van der Waals surface area contributed by atoms with Crippen molar-refractivity contribution in [2.24, 2.45) is 5.73 Å². The van der Waals surface area contributed by atoms with Gasteiger partial charge in [0.1, 0.15) is 10.8 Å². The fraction of sp³-hybridized carbons (Fsp3) is 0.778. The van der Waals surface area contributed by atoms with Crippen LogP contribution in [0.5, 0.6) is 0 Å². The number of nitrogens with two attached hydrogens (primary N) is 1. The maximum Gasteiger partial charge on any atom is 0.147 e. The topological polar surface area (TPSA) is 51.8 Å². The average molecular weight is 199 g/mol. The SMILES string of the molecule is CC(C)(C)c1nsc(C(C)(C)N)n1. The van der Waals surface area contributed by atoms with Crippen molar-refractivity contribution in [1.82, 2.24) is 9.36 Å². The summed E-state index contributed by atoms with van der Waals surface area (Å²) in [5.74, 6) is 0.881. The zero-order valence-corrected chi connectivity index (χ0v) is 9.70. The molecule has 0 radical (unpaired) electrons. The molecule has 74 valence electrons. The Kier molecular flexibility index (Phi) is 2.47. The number of nitrogens with zero attached hydrogens (tertiary/aromatic N) is 2. The van der Waals surface area contributed by atoms with E-state index in [9.17, 15) is 0 Å². The third-order valence-electron chi connectivity index (χ3n) is 1.65. The van der Waals surface area contributed by atoms with Gasteiger partial charge in [-0.3, -0.25) is 0 Å². The summed E-state index contributed by atoms with van der Waals surface area (Å²) in [5.41, 5.74) is 5.56. The molecule has 0 unspecified atom stereocenters. The van der Waals surface area contributed by atoms with Crippen LogP contribution in [-0.2, 0) is 11.0 Å². The van der Waals surface area contributed by atoms with E-state index in [1.807, 2.05) is 13.8 Å². The first-order chi connectivity index (χ1) is 5.71. The Morgan fingerprint density at radius 3 is 1.92 bits per heavy atom. The van der Waals surface area contributed by atoms with Crippen LogP contribution in [0.3, 0.4) is 0 Å². The fourth-order valence-electron chi connectivity index (χ4n) is 0.790. The lowest BCUT2D eigenvalue weighted by Crippen LogP contribution is -2.28. The third-order valence-corrected chi connectivity index (χ3v) is 2.70. The summed E-state index contributed by atoms with van der Waals surface area (Å²) < 4.78 is 4.30. The molecule has 0 aliphatic rings. The third kappa shape index (κ3) is 2.48. The summed E-state index contributed by atoms with van der Waals surface area (Å²) in [6.45, 7) is 10.2. The van der Waals surface area contributed by atoms with Gasteiger partial charge in [0.15, 0.2) is 0 Å². The van der Waals surface area contributed by atoms with Crippen LogP contribution in [0.4, 0.5) is 0 Å². The molecule has 3 nitrogen and oxygen atoms in total. The Morgan fingerprint density at radius 1 is 1.15 bits per heavy atom. The summed E-state index contributed by atoms with van der Waals surface area (Å²) in [6.07, 6.45) is 0. The molecule has 1 heterocycles. The highest BCUT2D eigenvalue weighted by molar-refractivity contribution is 7.05. The van der Waals surface area contributed by atoms with Crippen molar-refractivity contribution in [3.63, 3.8) is 0 Å². The lowest BCUT2D eigenvalue weighted by Gasteiger charge is -2.15. The molecule has 0 spiro atoms. The minimum Gasteiger partial charge on any atom is -0.320 e. The Labute approximate surface area is 83.5 Å². The molecule has 1 rings (SSSR count). The summed E-state index contributed by atoms with van der Waals surface area (Å²) >= 11 is 1.40. The average Bonchev–Trinajstić information content (AvgIpc) is 2.28. The van der Waals surface area contributed by atoms with Crippen LogP contribution in [0.25, 0.3) is 0 Å². The number of rotatable bonds is 1. The van der Waals surface area contributed by atoms with Crippen LogP contribution < -0.4 is 5.73 Å². The highest BCUT2D eigenvalue weighted by Gasteiger charge is 2.24. The minimum atomic E-state index is -0.374. The van der Waals surface area contributed by atoms with Crippen molar-refractivity contribution >= 4 is 11.5 Å². The van der Waals surface area contributed by atoms with Gasteiger partial charge in [-0.05, 0) is 25.4 Å². The van der Waals surface area contributed by atoms with E-state index in [-0.39, 0.29) is 11.0 Å². The second kappa shape index (κ2) is 3.03. The molecule has 13 heavy (non-hydrogen) atoms. The highest BCUT2D eigenvalue weighted by Crippen LogP contribution is 2.25. The predicted octanol–water partition coefficient (Wildman–Crippen LogP) is 2.03. The molecule has 0 saturated heterocycles. The van der Waals surface area contributed by atoms with Gasteiger partial charge in [0, 0.05) is 5.41 Å². The van der Waals surface area contributed by atoms with Gasteiger partial charge in [0.25, 0.3) is 0 Å². The first kappa shape index (κ1) is 10.6. The van der Waals surface area contributed by atoms with Crippen LogP contribution in [0, 0.1) is 0 Å². The van der Waals surface area contributed by atoms with Crippen molar-refractivity contribution in [3.8, 4) is 0 Å². The molecule has 1 aromatic heterocycles. The van der Waals surface area contributed by atoms with E-state index in [0.717, 1.165) is 10.8 Å². The molecule has 0 aromatic carbocycles. The molecule has 0 aliphatic heterocycles. The number of aromatic nitrogens is 2. The van der Waals surface area contributed by atoms with E-state index in [2.05, 4.69) is 30.1 Å². The normalized spacial score (nSPS) is 13.4. The lowest BCUT2D eigenvalue weighted by atomic mass is 9.96. The van der Waals surface area contributed by atoms with Gasteiger partial charge in [0.05, 0.1) is 5.54 Å². The van der Waals surface area contributed by atoms with E-state index < -0.39 is 0 Å². The van der Waals surface area contributed by atoms with E-state index in [0.29, 0.717) is 0 Å². The van der Waals surface area contributed by atoms with Crippen LogP contribution in [-0.4, -0.2) is 9.36 Å². The minimum absolute atomic E-state index is 0.0139. The maximum atomic E-state index is 5.92. The molecule has 0 saturated carbocycles. The van der Waals surface area contributed by atoms with Crippen molar-refractivity contribution < 1.29 is 0 Å². The van der Waals surface area contributed by atoms with Crippen molar-refractivity contribution in [2.75, 3.05) is 0 Å². The largest absolute Gasteiger partial charge is 0.320 e. The zero-order valence-electron chi connectivity index (χ0n) is 8.88. The van der Waals surface area contributed by atoms with E-state index >= 15 is 0 Å². The maximum absolute atomic E-state index is 5.92. The molecule has 0 aliphatic carbocycles. The number of hydrogen-bond acceptors (Lipinski definition) is 4.